The highest BCUT2D eigenvalue weighted by Crippen LogP contribution is 2.44. The SMILES string of the molecule is OCC1(CO)Nc2ccccc2S1. The Labute approximate surface area is 80.8 Å². The molecule has 0 saturated heterocycles. The highest BCUT2D eigenvalue weighted by Gasteiger charge is 2.36. The molecule has 3 nitrogen and oxygen atoms in total. The molecule has 0 amide bonds. The van der Waals surface area contributed by atoms with Gasteiger partial charge < -0.3 is 15.5 Å². The lowest BCUT2D eigenvalue weighted by Crippen LogP contribution is -2.39. The molecular formula is C9H11NO2S. The Bertz CT molecular complexity index is 285. The van der Waals surface area contributed by atoms with E-state index in [2.05, 4.69) is 5.32 Å². The fraction of sp³-hybridized carbons (Fsp3) is 0.333. The molecule has 3 N–H and O–H groups in total. The van der Waals surface area contributed by atoms with Crippen molar-refractivity contribution in [1.29, 1.82) is 0 Å². The first-order valence-electron chi connectivity index (χ1n) is 4.08. The Kier molecular flexibility index (Phi) is 2.19. The summed E-state index contributed by atoms with van der Waals surface area (Å²) in [6.45, 7) is -0.161. The van der Waals surface area contributed by atoms with E-state index in [4.69, 9.17) is 10.2 Å². The number of rotatable bonds is 2. The molecule has 0 fully saturated rings. The lowest BCUT2D eigenvalue weighted by atomic mass is 10.2. The van der Waals surface area contributed by atoms with Gasteiger partial charge >= 0.3 is 0 Å². The maximum atomic E-state index is 9.15. The van der Waals surface area contributed by atoms with Crippen LogP contribution < -0.4 is 5.32 Å². The first kappa shape index (κ1) is 8.87. The molecule has 2 rings (SSSR count). The molecule has 1 aliphatic heterocycles. The van der Waals surface area contributed by atoms with Crippen LogP contribution in [0.25, 0.3) is 0 Å². The van der Waals surface area contributed by atoms with Crippen LogP contribution in [0.1, 0.15) is 0 Å². The third-order valence-corrected chi connectivity index (χ3v) is 3.39. The largest absolute Gasteiger partial charge is 0.393 e. The molecule has 70 valence electrons. The molecule has 0 saturated carbocycles. The van der Waals surface area contributed by atoms with Crippen LogP contribution in [0.5, 0.6) is 0 Å². The van der Waals surface area contributed by atoms with Crippen molar-refractivity contribution in [3.8, 4) is 0 Å². The second-order valence-corrected chi connectivity index (χ2v) is 4.46. The molecule has 1 aliphatic rings. The van der Waals surface area contributed by atoms with Crippen LogP contribution in [0.3, 0.4) is 0 Å². The van der Waals surface area contributed by atoms with Crippen LogP contribution >= 0.6 is 11.8 Å². The number of nitrogens with one attached hydrogen (secondary N) is 1. The van der Waals surface area contributed by atoms with Gasteiger partial charge in [0.15, 0.2) is 0 Å². The molecule has 0 aliphatic carbocycles. The van der Waals surface area contributed by atoms with Crippen molar-refractivity contribution >= 4 is 17.4 Å². The van der Waals surface area contributed by atoms with Crippen LogP contribution in [0, 0.1) is 0 Å². The second-order valence-electron chi connectivity index (χ2n) is 3.03. The molecule has 0 atom stereocenters. The molecule has 1 aromatic carbocycles. The lowest BCUT2D eigenvalue weighted by Gasteiger charge is -2.23. The number of aliphatic hydroxyl groups excluding tert-OH is 2. The van der Waals surface area contributed by atoms with E-state index in [1.807, 2.05) is 24.3 Å². The average molecular weight is 197 g/mol. The van der Waals surface area contributed by atoms with E-state index in [0.29, 0.717) is 0 Å². The third-order valence-electron chi connectivity index (χ3n) is 2.07. The summed E-state index contributed by atoms with van der Waals surface area (Å²) < 4.78 is 0. The summed E-state index contributed by atoms with van der Waals surface area (Å²) in [5.41, 5.74) is 0.982. The highest BCUT2D eigenvalue weighted by atomic mass is 32.2. The fourth-order valence-corrected chi connectivity index (χ4v) is 2.42. The van der Waals surface area contributed by atoms with Crippen molar-refractivity contribution in [1.82, 2.24) is 0 Å². The average Bonchev–Trinajstić information content (AvgIpc) is 2.57. The number of anilines is 1. The van der Waals surface area contributed by atoms with Crippen molar-refractivity contribution in [2.75, 3.05) is 18.5 Å². The van der Waals surface area contributed by atoms with Crippen molar-refractivity contribution < 1.29 is 10.2 Å². The first-order valence-corrected chi connectivity index (χ1v) is 4.89. The van der Waals surface area contributed by atoms with E-state index < -0.39 is 4.87 Å². The molecule has 0 aromatic heterocycles. The van der Waals surface area contributed by atoms with Crippen LogP contribution in [0.2, 0.25) is 0 Å². The van der Waals surface area contributed by atoms with Crippen LogP contribution in [0.4, 0.5) is 5.69 Å². The summed E-state index contributed by atoms with van der Waals surface area (Å²) in [4.78, 5) is 0.439. The van der Waals surface area contributed by atoms with Crippen molar-refractivity contribution in [2.24, 2.45) is 0 Å². The van der Waals surface area contributed by atoms with E-state index in [9.17, 15) is 0 Å². The van der Waals surface area contributed by atoms with E-state index in [0.717, 1.165) is 10.6 Å². The van der Waals surface area contributed by atoms with Gasteiger partial charge in [0.1, 0.15) is 4.87 Å². The van der Waals surface area contributed by atoms with Crippen molar-refractivity contribution in [3.05, 3.63) is 24.3 Å². The quantitative estimate of drug-likeness (QED) is 0.659. The number of aliphatic hydroxyl groups is 2. The highest BCUT2D eigenvalue weighted by molar-refractivity contribution is 8.01. The Balaban J connectivity index is 2.30. The lowest BCUT2D eigenvalue weighted by molar-refractivity contribution is 0.188. The molecule has 4 heteroatoms. The molecule has 1 heterocycles. The minimum absolute atomic E-state index is 0.0805. The summed E-state index contributed by atoms with van der Waals surface area (Å²) in [5, 5.41) is 21.4. The van der Waals surface area contributed by atoms with Gasteiger partial charge in [0.05, 0.1) is 13.2 Å². The number of benzene rings is 1. The summed E-state index contributed by atoms with van der Waals surface area (Å²) in [7, 11) is 0. The third kappa shape index (κ3) is 1.41. The Morgan fingerprint density at radius 1 is 1.23 bits per heavy atom. The number of hydrogen-bond acceptors (Lipinski definition) is 4. The zero-order chi connectivity index (χ0) is 9.31. The molecule has 13 heavy (non-hydrogen) atoms. The molecular weight excluding hydrogens is 186 g/mol. The van der Waals surface area contributed by atoms with Gasteiger partial charge in [-0.05, 0) is 12.1 Å². The number of thioether (sulfide) groups is 1. The predicted octanol–water partition coefficient (Wildman–Crippen LogP) is 0.885. The maximum absolute atomic E-state index is 9.15. The zero-order valence-corrected chi connectivity index (χ0v) is 7.84. The molecule has 0 spiro atoms. The van der Waals surface area contributed by atoms with Gasteiger partial charge in [-0.3, -0.25) is 0 Å². The molecule has 0 bridgehead atoms. The number of para-hydroxylation sites is 1. The molecule has 0 radical (unpaired) electrons. The number of fused-ring (bicyclic) bond motifs is 1. The molecule has 1 aromatic rings. The van der Waals surface area contributed by atoms with Gasteiger partial charge in [0.25, 0.3) is 0 Å². The van der Waals surface area contributed by atoms with Crippen LogP contribution in [0.15, 0.2) is 29.2 Å². The van der Waals surface area contributed by atoms with Gasteiger partial charge in [-0.25, -0.2) is 0 Å². The normalized spacial score (nSPS) is 18.0. The van der Waals surface area contributed by atoms with E-state index in [-0.39, 0.29) is 13.2 Å². The predicted molar refractivity (Wildman–Crippen MR) is 52.8 cm³/mol. The van der Waals surface area contributed by atoms with Crippen LogP contribution in [-0.4, -0.2) is 28.3 Å². The topological polar surface area (TPSA) is 52.5 Å². The van der Waals surface area contributed by atoms with Gasteiger partial charge in [-0.1, -0.05) is 23.9 Å². The van der Waals surface area contributed by atoms with Gasteiger partial charge in [-0.15, -0.1) is 0 Å². The van der Waals surface area contributed by atoms with E-state index >= 15 is 0 Å². The summed E-state index contributed by atoms with van der Waals surface area (Å²) in [5.74, 6) is 0. The summed E-state index contributed by atoms with van der Waals surface area (Å²) >= 11 is 1.47. The second kappa shape index (κ2) is 3.21. The van der Waals surface area contributed by atoms with E-state index in [1.165, 1.54) is 11.8 Å². The zero-order valence-electron chi connectivity index (χ0n) is 7.03. The van der Waals surface area contributed by atoms with Gasteiger partial charge in [-0.2, -0.15) is 0 Å². The monoisotopic (exact) mass is 197 g/mol. The number of hydrogen-bond donors (Lipinski definition) is 3. The summed E-state index contributed by atoms with van der Waals surface area (Å²) in [6, 6.07) is 7.78. The Morgan fingerprint density at radius 2 is 1.92 bits per heavy atom. The standard InChI is InChI=1S/C9H11NO2S/c11-5-9(6-12)10-7-3-1-2-4-8(7)13-9/h1-4,10-12H,5-6H2. The molecule has 0 unspecified atom stereocenters. The minimum atomic E-state index is -0.635. The maximum Gasteiger partial charge on any atom is 0.135 e. The Hall–Kier alpha value is -0.710. The first-order chi connectivity index (χ1) is 6.29. The van der Waals surface area contributed by atoms with Crippen LogP contribution in [-0.2, 0) is 0 Å². The minimum Gasteiger partial charge on any atom is -0.393 e. The van der Waals surface area contributed by atoms with Crippen molar-refractivity contribution in [2.45, 2.75) is 9.77 Å². The van der Waals surface area contributed by atoms with Crippen molar-refractivity contribution in [3.63, 3.8) is 0 Å². The Morgan fingerprint density at radius 3 is 2.54 bits per heavy atom. The fourth-order valence-electron chi connectivity index (χ4n) is 1.33. The van der Waals surface area contributed by atoms with Gasteiger partial charge in [0, 0.05) is 10.6 Å². The smallest absolute Gasteiger partial charge is 0.135 e. The van der Waals surface area contributed by atoms with E-state index in [1.54, 1.807) is 0 Å². The summed E-state index contributed by atoms with van der Waals surface area (Å²) in [6.07, 6.45) is 0. The van der Waals surface area contributed by atoms with Gasteiger partial charge in [0.2, 0.25) is 0 Å².